The van der Waals surface area contributed by atoms with Crippen LogP contribution in [0.2, 0.25) is 0 Å². The summed E-state index contributed by atoms with van der Waals surface area (Å²) in [5.74, 6) is -1.74. The van der Waals surface area contributed by atoms with Gasteiger partial charge in [0.15, 0.2) is 6.10 Å². The third kappa shape index (κ3) is 39.3. The molecule has 0 heterocycles. The molecule has 0 rings (SSSR count). The molecule has 0 fully saturated rings. The van der Waals surface area contributed by atoms with Crippen LogP contribution in [-0.4, -0.2) is 75.5 Å². The second kappa shape index (κ2) is 40.8. The number of ether oxygens (including phenoxy) is 3. The van der Waals surface area contributed by atoms with Gasteiger partial charge in [0.05, 0.1) is 40.3 Å². The molecule has 0 aromatic heterocycles. The molecule has 2 unspecified atom stereocenters. The highest BCUT2D eigenvalue weighted by atomic mass is 16.6. The Morgan fingerprint density at radius 1 is 0.509 bits per heavy atom. The molecule has 0 bridgehead atoms. The average Bonchev–Trinajstić information content (AvgIpc) is 3.17. The fourth-order valence-electron chi connectivity index (χ4n) is 7.36. The van der Waals surface area contributed by atoms with Gasteiger partial charge in [-0.1, -0.05) is 187 Å². The quantitative estimate of drug-likeness (QED) is 0.0261. The van der Waals surface area contributed by atoms with Gasteiger partial charge in [0.2, 0.25) is 0 Å². The topological polar surface area (TPSA) is 102 Å². The first-order valence-corrected chi connectivity index (χ1v) is 24.2. The lowest BCUT2D eigenvalue weighted by Gasteiger charge is -2.34. The number of hydrogen-bond donors (Lipinski definition) is 0. The lowest BCUT2D eigenvalue weighted by atomic mass is 10.0. The summed E-state index contributed by atoms with van der Waals surface area (Å²) >= 11 is 0. The smallest absolute Gasteiger partial charge is 0.306 e. The van der Waals surface area contributed by atoms with Crippen molar-refractivity contribution in [3.63, 3.8) is 0 Å². The lowest BCUT2D eigenvalue weighted by molar-refractivity contribution is -0.889. The first kappa shape index (κ1) is 55.1. The summed E-state index contributed by atoms with van der Waals surface area (Å²) < 4.78 is 17.2. The highest BCUT2D eigenvalue weighted by Gasteiger charge is 2.25. The van der Waals surface area contributed by atoms with E-state index < -0.39 is 18.1 Å². The number of carboxylic acid groups (broad SMARTS) is 1. The van der Waals surface area contributed by atoms with Crippen molar-refractivity contribution in [1.82, 2.24) is 0 Å². The zero-order valence-corrected chi connectivity index (χ0v) is 38.3. The van der Waals surface area contributed by atoms with Gasteiger partial charge in [0, 0.05) is 19.3 Å². The number of likely N-dealkylation sites (N-methyl/N-ethyl adjacent to an activating group) is 1. The molecule has 0 N–H and O–H groups in total. The van der Waals surface area contributed by atoms with Gasteiger partial charge in [-0.2, -0.15) is 0 Å². The molecule has 0 radical (unpaired) electrons. The number of allylic oxidation sites excluding steroid dienone is 2. The average molecular weight is 808 g/mol. The Hall–Kier alpha value is -1.93. The minimum atomic E-state index is -1.12. The Morgan fingerprint density at radius 2 is 0.877 bits per heavy atom. The van der Waals surface area contributed by atoms with E-state index in [0.717, 1.165) is 51.4 Å². The van der Waals surface area contributed by atoms with E-state index >= 15 is 0 Å². The van der Waals surface area contributed by atoms with Crippen molar-refractivity contribution in [1.29, 1.82) is 0 Å². The second-order valence-corrected chi connectivity index (χ2v) is 17.7. The molecule has 0 aromatic carbocycles. The van der Waals surface area contributed by atoms with Crippen LogP contribution in [0.25, 0.3) is 0 Å². The zero-order chi connectivity index (χ0) is 42.1. The molecule has 8 heteroatoms. The fraction of sp³-hybridized carbons (Fsp3) is 0.898. The van der Waals surface area contributed by atoms with Gasteiger partial charge < -0.3 is 28.6 Å². The summed E-state index contributed by atoms with van der Waals surface area (Å²) in [5, 5.41) is 11.6. The second-order valence-electron chi connectivity index (χ2n) is 17.7. The van der Waals surface area contributed by atoms with Crippen LogP contribution in [0.4, 0.5) is 0 Å². The van der Waals surface area contributed by atoms with Gasteiger partial charge in [-0.25, -0.2) is 0 Å². The van der Waals surface area contributed by atoms with Gasteiger partial charge in [-0.15, -0.1) is 0 Å². The van der Waals surface area contributed by atoms with Crippen molar-refractivity contribution >= 4 is 17.9 Å². The number of hydrogen-bond acceptors (Lipinski definition) is 7. The van der Waals surface area contributed by atoms with Crippen molar-refractivity contribution in [2.75, 3.05) is 41.0 Å². The molecule has 2 atom stereocenters. The van der Waals surface area contributed by atoms with Crippen molar-refractivity contribution in [3.8, 4) is 0 Å². The molecule has 0 aliphatic carbocycles. The van der Waals surface area contributed by atoms with Crippen LogP contribution >= 0.6 is 0 Å². The van der Waals surface area contributed by atoms with E-state index in [1.54, 1.807) is 21.1 Å². The summed E-state index contributed by atoms with van der Waals surface area (Å²) in [4.78, 5) is 36.9. The first-order chi connectivity index (χ1) is 27.6. The van der Waals surface area contributed by atoms with E-state index in [-0.39, 0.29) is 42.7 Å². The molecule has 0 spiro atoms. The maximum atomic E-state index is 12.7. The van der Waals surface area contributed by atoms with Crippen molar-refractivity contribution < 1.29 is 38.2 Å². The van der Waals surface area contributed by atoms with E-state index in [2.05, 4.69) is 26.0 Å². The van der Waals surface area contributed by atoms with E-state index in [1.807, 2.05) is 0 Å². The van der Waals surface area contributed by atoms with E-state index in [4.69, 9.17) is 14.2 Å². The summed E-state index contributed by atoms with van der Waals surface area (Å²) in [5.41, 5.74) is 0. The largest absolute Gasteiger partial charge is 0.544 e. The van der Waals surface area contributed by atoms with Gasteiger partial charge in [-0.05, 0) is 38.5 Å². The van der Waals surface area contributed by atoms with Gasteiger partial charge >= 0.3 is 11.9 Å². The highest BCUT2D eigenvalue weighted by molar-refractivity contribution is 5.70. The van der Waals surface area contributed by atoms with Crippen LogP contribution in [0.3, 0.4) is 0 Å². The predicted molar refractivity (Wildman–Crippen MR) is 236 cm³/mol. The Balaban J connectivity index is 4.25. The number of rotatable bonds is 44. The standard InChI is InChI=1S/C49H93NO7/c1-6-8-10-12-14-16-18-20-22-23-24-25-26-28-30-32-34-36-38-40-48(52)57-45(43-55-42-41-46(49(53)54)50(3,4)5)44-56-47(51)39-37-35-33-31-29-27-21-19-17-15-13-11-9-7-2/h27,29,45-46H,6-26,28,30-44H2,1-5H3/b29-27+. The number of carbonyl (C=O) groups is 3. The minimum absolute atomic E-state index is 0.0420. The van der Waals surface area contributed by atoms with Crippen molar-refractivity contribution in [3.05, 3.63) is 12.2 Å². The number of unbranched alkanes of at least 4 members (excludes halogenated alkanes) is 28. The van der Waals surface area contributed by atoms with Crippen LogP contribution in [0.1, 0.15) is 232 Å². The summed E-state index contributed by atoms with van der Waals surface area (Å²) in [7, 11) is 5.42. The lowest BCUT2D eigenvalue weighted by Crippen LogP contribution is -2.55. The van der Waals surface area contributed by atoms with Crippen LogP contribution in [0, 0.1) is 0 Å². The molecule has 336 valence electrons. The Morgan fingerprint density at radius 3 is 1.28 bits per heavy atom. The fourth-order valence-corrected chi connectivity index (χ4v) is 7.36. The molecule has 0 saturated carbocycles. The van der Waals surface area contributed by atoms with Crippen molar-refractivity contribution in [2.24, 2.45) is 0 Å². The van der Waals surface area contributed by atoms with Crippen LogP contribution in [-0.2, 0) is 28.6 Å². The van der Waals surface area contributed by atoms with Gasteiger partial charge in [0.1, 0.15) is 12.6 Å². The molecule has 0 aromatic rings. The van der Waals surface area contributed by atoms with E-state index in [9.17, 15) is 19.5 Å². The molecule has 0 aliphatic heterocycles. The third-order valence-electron chi connectivity index (χ3n) is 11.2. The maximum absolute atomic E-state index is 12.7. The molecular formula is C49H93NO7. The van der Waals surface area contributed by atoms with Gasteiger partial charge in [0.25, 0.3) is 0 Å². The van der Waals surface area contributed by atoms with Crippen LogP contribution in [0.15, 0.2) is 12.2 Å². The number of esters is 2. The van der Waals surface area contributed by atoms with Crippen molar-refractivity contribution in [2.45, 2.75) is 244 Å². The Kier molecular flexibility index (Phi) is 39.4. The third-order valence-corrected chi connectivity index (χ3v) is 11.2. The maximum Gasteiger partial charge on any atom is 0.306 e. The Labute approximate surface area is 352 Å². The van der Waals surface area contributed by atoms with Crippen LogP contribution in [0.5, 0.6) is 0 Å². The number of nitrogens with zero attached hydrogens (tertiary/aromatic N) is 1. The van der Waals surface area contributed by atoms with Crippen LogP contribution < -0.4 is 5.11 Å². The monoisotopic (exact) mass is 808 g/mol. The molecule has 0 amide bonds. The minimum Gasteiger partial charge on any atom is -0.544 e. The first-order valence-electron chi connectivity index (χ1n) is 24.2. The summed E-state index contributed by atoms with van der Waals surface area (Å²) in [6, 6.07) is -0.723. The SMILES string of the molecule is CCCCCCCCC/C=C/CCCCCC(=O)OCC(COCCC(C(=O)[O-])[N+](C)(C)C)OC(=O)CCCCCCCCCCCCCCCCCCCCC. The molecule has 0 aliphatic rings. The molecule has 57 heavy (non-hydrogen) atoms. The number of quaternary nitrogens is 1. The molecular weight excluding hydrogens is 715 g/mol. The summed E-state index contributed by atoms with van der Waals surface area (Å²) in [6.45, 7) is 4.68. The normalized spacial score (nSPS) is 12.9. The molecule has 0 saturated heterocycles. The highest BCUT2D eigenvalue weighted by Crippen LogP contribution is 2.16. The van der Waals surface area contributed by atoms with E-state index in [0.29, 0.717) is 12.8 Å². The number of carboxylic acids is 1. The summed E-state index contributed by atoms with van der Waals surface area (Å²) in [6.07, 6.45) is 43.8. The van der Waals surface area contributed by atoms with Gasteiger partial charge in [-0.3, -0.25) is 9.59 Å². The molecule has 8 nitrogen and oxygen atoms in total. The number of carbonyl (C=O) groups excluding carboxylic acids is 3. The zero-order valence-electron chi connectivity index (χ0n) is 38.3. The number of aliphatic carboxylic acids is 1. The Bertz CT molecular complexity index is 947. The van der Waals surface area contributed by atoms with E-state index in [1.165, 1.54) is 148 Å². The predicted octanol–water partition coefficient (Wildman–Crippen LogP) is 12.1.